The van der Waals surface area contributed by atoms with E-state index in [2.05, 4.69) is 0 Å². The largest absolute Gasteiger partial charge is 0.504 e. The molecule has 2 aliphatic carbocycles. The molecule has 15 rings (SSSR count). The number of amides is 6. The molecule has 4 heterocycles. The zero-order valence-electron chi connectivity index (χ0n) is 68.7. The number of para-hydroxylation sites is 4. The summed E-state index contributed by atoms with van der Waals surface area (Å²) in [4.78, 5) is 116. The second-order valence-corrected chi connectivity index (χ2v) is 36.5. The van der Waals surface area contributed by atoms with Crippen LogP contribution in [0.4, 0.5) is 11.6 Å². The second-order valence-electron chi connectivity index (χ2n) is 30.7. The Morgan fingerprint density at radius 1 is 0.390 bits per heavy atom. The second kappa shape index (κ2) is 35.0. The summed E-state index contributed by atoms with van der Waals surface area (Å²) >= 11 is 0. The highest BCUT2D eigenvalue weighted by atomic mass is 28.4. The maximum Gasteiger partial charge on any atom is 0.504 e. The van der Waals surface area contributed by atoms with Gasteiger partial charge in [-0.3, -0.25) is 48.4 Å². The number of benzene rings is 9. The van der Waals surface area contributed by atoms with Gasteiger partial charge in [0.2, 0.25) is 0 Å². The topological polar surface area (TPSA) is 252 Å². The molecule has 2 aromatic heterocycles. The van der Waals surface area contributed by atoms with Crippen molar-refractivity contribution < 1.29 is 83.7 Å². The summed E-state index contributed by atoms with van der Waals surface area (Å²) in [5.41, 5.74) is 4.12. The van der Waals surface area contributed by atoms with Gasteiger partial charge in [0.25, 0.3) is 35.4 Å². The Labute approximate surface area is 688 Å². The van der Waals surface area contributed by atoms with Crippen molar-refractivity contribution in [3.8, 4) is 46.0 Å². The van der Waals surface area contributed by atoms with Crippen molar-refractivity contribution in [1.29, 1.82) is 0 Å². The molecule has 118 heavy (non-hydrogen) atoms. The van der Waals surface area contributed by atoms with Gasteiger partial charge < -0.3 is 55.0 Å². The van der Waals surface area contributed by atoms with E-state index in [1.54, 1.807) is 96.7 Å². The Balaban J connectivity index is 1.02. The fourth-order valence-electron chi connectivity index (χ4n) is 17.3. The van der Waals surface area contributed by atoms with Crippen LogP contribution in [-0.4, -0.2) is 167 Å². The molecule has 4 aliphatic rings. The van der Waals surface area contributed by atoms with Gasteiger partial charge in [-0.15, -0.1) is 0 Å². The first-order valence-electron chi connectivity index (χ1n) is 40.3. The van der Waals surface area contributed by atoms with Gasteiger partial charge in [0.15, 0.2) is 0 Å². The number of aromatic nitrogens is 2. The van der Waals surface area contributed by atoms with E-state index in [1.165, 1.54) is 42.7 Å². The fourth-order valence-corrected chi connectivity index (χ4v) is 20.6. The highest BCUT2D eigenvalue weighted by Crippen LogP contribution is 2.59. The van der Waals surface area contributed by atoms with Crippen LogP contribution in [0.15, 0.2) is 158 Å². The quantitative estimate of drug-likeness (QED) is 0.0157. The summed E-state index contributed by atoms with van der Waals surface area (Å²) in [5, 5.41) is 1.93. The lowest BCUT2D eigenvalue weighted by molar-refractivity contribution is -0.125. The van der Waals surface area contributed by atoms with E-state index in [4.69, 9.17) is 64.9 Å². The number of rotatable bonds is 34. The molecular formula is C92H98N6O18Si2. The Bertz CT molecular complexity index is 5100. The number of fused-ring (bicyclic) bond motifs is 2. The molecule has 24 nitrogen and oxygen atoms in total. The normalized spacial score (nSPS) is 15.2. The number of hydrogen-bond donors (Lipinski definition) is 0. The number of anilines is 2. The predicted molar refractivity (Wildman–Crippen MR) is 452 cm³/mol. The molecule has 0 spiro atoms. The van der Waals surface area contributed by atoms with Gasteiger partial charge in [-0.2, -0.15) is 0 Å². The van der Waals surface area contributed by atoms with Crippen LogP contribution in [0.3, 0.4) is 0 Å². The van der Waals surface area contributed by atoms with Crippen LogP contribution in [-0.2, 0) is 57.7 Å². The molecule has 11 aromatic rings. The first-order valence-corrected chi connectivity index (χ1v) is 44.1. The Hall–Kier alpha value is -10.9. The number of imide groups is 2. The van der Waals surface area contributed by atoms with Crippen molar-refractivity contribution >= 4 is 108 Å². The number of hydrogen-bond acceptors (Lipinski definition) is 20. The third-order valence-electron chi connectivity index (χ3n) is 23.6. The molecule has 0 N–H and O–H groups in total. The molecule has 2 fully saturated rings. The van der Waals surface area contributed by atoms with Gasteiger partial charge in [-0.1, -0.05) is 98.5 Å². The van der Waals surface area contributed by atoms with E-state index < -0.39 is 78.3 Å². The minimum absolute atomic E-state index is 0.0287. The van der Waals surface area contributed by atoms with Gasteiger partial charge in [0.1, 0.15) is 69.7 Å². The van der Waals surface area contributed by atoms with Crippen LogP contribution in [0.2, 0.25) is 0 Å². The molecule has 9 aromatic carbocycles. The van der Waals surface area contributed by atoms with E-state index >= 15 is 28.8 Å². The van der Waals surface area contributed by atoms with Crippen molar-refractivity contribution in [3.63, 3.8) is 0 Å². The van der Waals surface area contributed by atoms with Crippen molar-refractivity contribution in [2.45, 2.75) is 117 Å². The fraction of sp³-hybridized carbons (Fsp3) is 0.348. The number of carbonyl (C=O) groups excluding carboxylic acids is 6. The zero-order chi connectivity index (χ0) is 82.8. The molecule has 0 saturated heterocycles. The third kappa shape index (κ3) is 15.5. The number of nitrogens with zero attached hydrogens (tertiary/aromatic N) is 6. The average molecular weight is 1630 g/mol. The summed E-state index contributed by atoms with van der Waals surface area (Å²) in [6.45, 7) is 10.9. The lowest BCUT2D eigenvalue weighted by atomic mass is 9.80. The first-order chi connectivity index (χ1) is 57.2. The Morgan fingerprint density at radius 3 is 0.932 bits per heavy atom. The van der Waals surface area contributed by atoms with Crippen molar-refractivity contribution in [2.24, 2.45) is 11.8 Å². The van der Waals surface area contributed by atoms with Crippen LogP contribution in [0, 0.1) is 39.5 Å². The maximum atomic E-state index is 17.0. The van der Waals surface area contributed by atoms with Crippen LogP contribution in [0.25, 0.3) is 43.1 Å². The molecule has 6 amide bonds. The first kappa shape index (κ1) is 82.2. The summed E-state index contributed by atoms with van der Waals surface area (Å²) in [7, 11) is 2.68. The standard InChI is InChI=1S/C92H98N6O18Si2/c1-13-111-51-67(91(103)95(49-59-31-19-20-32-59)77-43-61(39-41-93-77)53-117(105-7,106-8)107-9)97-87(99)63-45-73(113-69-35-23-15-27-55(69)3)81-83-75(115-71-37-25-17-29-57(71)5)47-65-80-66(48-76(116-72-38-26-18-30-58(72)6)84(86(80)83)82-74(114-70-36-24-16-28-56(70)4)46-64(88(97)100)79(63)85(81)82)90(102)98(89(65)101)68(52-112-14-2)92(104)96(50-60-33-21-22-34-60)78-44-62(40-42-94-78)54-118(108-10,109-11)110-12/h15-18,23-30,35-48,59-60,67-68H,13-14,19-22,31-34,49-54H2,1-12H3. The average Bonchev–Trinajstić information content (AvgIpc) is 0.717. The van der Waals surface area contributed by atoms with Gasteiger partial charge in [0.05, 0.1) is 35.5 Å². The van der Waals surface area contributed by atoms with E-state index in [0.717, 1.165) is 61.2 Å². The summed E-state index contributed by atoms with van der Waals surface area (Å²) in [6, 6.07) is 40.4. The highest BCUT2D eigenvalue weighted by molar-refractivity contribution is 6.60. The van der Waals surface area contributed by atoms with E-state index in [9.17, 15) is 0 Å². The van der Waals surface area contributed by atoms with E-state index in [1.807, 2.05) is 113 Å². The third-order valence-corrected chi connectivity index (χ3v) is 29.0. The van der Waals surface area contributed by atoms with Gasteiger partial charge >= 0.3 is 17.6 Å². The van der Waals surface area contributed by atoms with Crippen molar-refractivity contribution in [2.75, 3.05) is 92.0 Å². The molecule has 2 unspecified atom stereocenters. The lowest BCUT2D eigenvalue weighted by Crippen LogP contribution is -2.57. The zero-order valence-corrected chi connectivity index (χ0v) is 70.7. The summed E-state index contributed by atoms with van der Waals surface area (Å²) in [6.07, 6.45) is 10.3. The Kier molecular flexibility index (Phi) is 24.4. The number of carbonyl (C=O) groups is 6. The van der Waals surface area contributed by atoms with Crippen LogP contribution < -0.4 is 28.7 Å². The minimum atomic E-state index is -3.26. The molecule has 2 saturated carbocycles. The van der Waals surface area contributed by atoms with Gasteiger partial charge in [-0.05, 0) is 185 Å². The van der Waals surface area contributed by atoms with Crippen LogP contribution >= 0.6 is 0 Å². The van der Waals surface area contributed by atoms with Gasteiger partial charge in [-0.25, -0.2) is 9.97 Å². The number of aryl methyl sites for hydroxylation is 4. The molecule has 0 bridgehead atoms. The minimum Gasteiger partial charge on any atom is -0.456 e. The SMILES string of the molecule is CCOCC(C(=O)N(CC1CCCC1)c1cc(C[Si](OC)(OC)OC)ccn1)N1C(=O)c2cc(Oc3ccccc3C)c3c4c(Oc5ccccc5C)cc5c6c(cc(Oc7ccccc7C)c(c7c(Oc8ccccc8C)cc(c2c37)C1=O)c64)C(=O)N(C(COCC)C(=O)N(CC1CCCC1)c1cc(C[Si](OC)(OC)OC)ccn1)C5=O. The number of ether oxygens (including phenoxy) is 6. The summed E-state index contributed by atoms with van der Waals surface area (Å²) in [5.74, 6) is -2.19. The van der Waals surface area contributed by atoms with Crippen molar-refractivity contribution in [1.82, 2.24) is 19.8 Å². The molecule has 2 atom stereocenters. The van der Waals surface area contributed by atoms with Gasteiger partial charge in [0, 0.05) is 137 Å². The molecular weight excluding hydrogens is 1530 g/mol. The number of pyridine rings is 2. The smallest absolute Gasteiger partial charge is 0.456 e. The van der Waals surface area contributed by atoms with Crippen LogP contribution in [0.1, 0.15) is 140 Å². The Morgan fingerprint density at radius 2 is 0.669 bits per heavy atom. The van der Waals surface area contributed by atoms with Crippen molar-refractivity contribution in [3.05, 3.63) is 214 Å². The predicted octanol–water partition coefficient (Wildman–Crippen LogP) is 17.3. The molecule has 0 radical (unpaired) electrons. The molecule has 2 aliphatic heterocycles. The lowest BCUT2D eigenvalue weighted by Gasteiger charge is -2.38. The van der Waals surface area contributed by atoms with E-state index in [0.29, 0.717) is 56.4 Å². The summed E-state index contributed by atoms with van der Waals surface area (Å²) < 4.78 is 77.5. The highest BCUT2D eigenvalue weighted by Gasteiger charge is 2.50. The van der Waals surface area contributed by atoms with Crippen LogP contribution in [0.5, 0.6) is 46.0 Å². The molecule has 26 heteroatoms. The molecule has 612 valence electrons. The monoisotopic (exact) mass is 1630 g/mol. The maximum absolute atomic E-state index is 17.0. The van der Waals surface area contributed by atoms with E-state index in [-0.39, 0.29) is 150 Å².